The van der Waals surface area contributed by atoms with E-state index < -0.39 is 0 Å². The third-order valence-corrected chi connectivity index (χ3v) is 4.13. The van der Waals surface area contributed by atoms with Crippen LogP contribution in [0.3, 0.4) is 0 Å². The molecule has 124 valence electrons. The number of benzene rings is 2. The number of hydrogen-bond donors (Lipinski definition) is 1. The van der Waals surface area contributed by atoms with Crippen molar-refractivity contribution in [1.29, 1.82) is 0 Å². The van der Waals surface area contributed by atoms with Crippen molar-refractivity contribution in [2.24, 2.45) is 5.73 Å². The van der Waals surface area contributed by atoms with Gasteiger partial charge in [-0.15, -0.1) is 0 Å². The normalized spacial score (nSPS) is 12.3. The van der Waals surface area contributed by atoms with Crippen LogP contribution >= 0.6 is 0 Å². The van der Waals surface area contributed by atoms with Gasteiger partial charge in [0.05, 0.1) is 0 Å². The van der Waals surface area contributed by atoms with Crippen molar-refractivity contribution in [3.05, 3.63) is 65.7 Å². The third-order valence-electron chi connectivity index (χ3n) is 4.13. The number of nitrogens with zero attached hydrogens (tertiary/aromatic N) is 1. The number of hydrogen-bond acceptors (Lipinski definition) is 3. The summed E-state index contributed by atoms with van der Waals surface area (Å²) in [4.78, 5) is 2.34. The van der Waals surface area contributed by atoms with Crippen molar-refractivity contribution < 1.29 is 4.74 Å². The van der Waals surface area contributed by atoms with Crippen LogP contribution in [0.15, 0.2) is 54.6 Å². The maximum atomic E-state index is 5.98. The molecule has 3 nitrogen and oxygen atoms in total. The first-order valence-corrected chi connectivity index (χ1v) is 8.41. The maximum Gasteiger partial charge on any atom is 0.119 e. The third kappa shape index (κ3) is 5.38. The first-order valence-electron chi connectivity index (χ1n) is 8.41. The zero-order chi connectivity index (χ0) is 16.5. The molecule has 0 aromatic heterocycles. The zero-order valence-corrected chi connectivity index (χ0v) is 14.2. The van der Waals surface area contributed by atoms with E-state index in [1.54, 1.807) is 0 Å². The van der Waals surface area contributed by atoms with Crippen molar-refractivity contribution in [2.45, 2.75) is 32.4 Å². The van der Waals surface area contributed by atoms with Crippen molar-refractivity contribution in [3.63, 3.8) is 0 Å². The summed E-state index contributed by atoms with van der Waals surface area (Å²) in [6, 6.07) is 18.8. The van der Waals surface area contributed by atoms with Gasteiger partial charge in [0.25, 0.3) is 0 Å². The largest absolute Gasteiger partial charge is 0.489 e. The molecule has 0 heterocycles. The Labute approximate surface area is 140 Å². The first-order chi connectivity index (χ1) is 11.2. The topological polar surface area (TPSA) is 38.5 Å². The monoisotopic (exact) mass is 312 g/mol. The molecule has 0 fully saturated rings. The summed E-state index contributed by atoms with van der Waals surface area (Å²) < 4.78 is 5.84. The van der Waals surface area contributed by atoms with Crippen LogP contribution in [0.25, 0.3) is 0 Å². The molecule has 0 bridgehead atoms. The van der Waals surface area contributed by atoms with E-state index in [-0.39, 0.29) is 6.04 Å². The summed E-state index contributed by atoms with van der Waals surface area (Å²) in [6.45, 7) is 4.51. The Morgan fingerprint density at radius 2 is 1.74 bits per heavy atom. The lowest BCUT2D eigenvalue weighted by molar-refractivity contribution is 0.246. The SMILES string of the molecule is CCCCN(C)C(CN)c1ccc(OCc2ccccc2)cc1. The molecule has 3 heteroatoms. The second kappa shape index (κ2) is 9.33. The van der Waals surface area contributed by atoms with E-state index >= 15 is 0 Å². The molecule has 2 aromatic rings. The lowest BCUT2D eigenvalue weighted by Gasteiger charge is -2.27. The molecule has 1 unspecified atom stereocenters. The molecular formula is C20H28N2O. The summed E-state index contributed by atoms with van der Waals surface area (Å²) in [7, 11) is 2.15. The molecule has 0 saturated heterocycles. The first kappa shape index (κ1) is 17.5. The lowest BCUT2D eigenvalue weighted by atomic mass is 10.1. The van der Waals surface area contributed by atoms with Gasteiger partial charge >= 0.3 is 0 Å². The predicted molar refractivity (Wildman–Crippen MR) is 96.5 cm³/mol. The van der Waals surface area contributed by atoms with E-state index in [2.05, 4.69) is 43.1 Å². The number of ether oxygens (including phenoxy) is 1. The Hall–Kier alpha value is -1.84. The molecule has 0 spiro atoms. The minimum Gasteiger partial charge on any atom is -0.489 e. The van der Waals surface area contributed by atoms with Crippen LogP contribution in [-0.2, 0) is 6.61 Å². The van der Waals surface area contributed by atoms with Crippen LogP contribution in [0.1, 0.15) is 36.9 Å². The van der Waals surface area contributed by atoms with Gasteiger partial charge in [-0.2, -0.15) is 0 Å². The average Bonchev–Trinajstić information content (AvgIpc) is 2.61. The van der Waals surface area contributed by atoms with Gasteiger partial charge in [0.1, 0.15) is 12.4 Å². The Kier molecular flexibility index (Phi) is 7.11. The Balaban J connectivity index is 1.94. The van der Waals surface area contributed by atoms with E-state index in [0.29, 0.717) is 13.2 Å². The highest BCUT2D eigenvalue weighted by molar-refractivity contribution is 5.30. The Morgan fingerprint density at radius 1 is 1.04 bits per heavy atom. The van der Waals surface area contributed by atoms with E-state index in [0.717, 1.165) is 12.3 Å². The Morgan fingerprint density at radius 3 is 2.35 bits per heavy atom. The second-order valence-electron chi connectivity index (χ2n) is 5.93. The van der Waals surface area contributed by atoms with Crippen LogP contribution in [0.5, 0.6) is 5.75 Å². The minimum atomic E-state index is 0.268. The van der Waals surface area contributed by atoms with Gasteiger partial charge in [-0.1, -0.05) is 55.8 Å². The summed E-state index contributed by atoms with van der Waals surface area (Å²) in [5.74, 6) is 0.893. The predicted octanol–water partition coefficient (Wildman–Crippen LogP) is 4.00. The molecule has 2 N–H and O–H groups in total. The number of rotatable bonds is 9. The van der Waals surface area contributed by atoms with Gasteiger partial charge in [-0.3, -0.25) is 4.90 Å². The highest BCUT2D eigenvalue weighted by Gasteiger charge is 2.14. The minimum absolute atomic E-state index is 0.268. The van der Waals surface area contributed by atoms with E-state index in [4.69, 9.17) is 10.5 Å². The molecule has 1 atom stereocenters. The van der Waals surface area contributed by atoms with Crippen LogP contribution in [-0.4, -0.2) is 25.0 Å². The van der Waals surface area contributed by atoms with Crippen molar-refractivity contribution >= 4 is 0 Å². The van der Waals surface area contributed by atoms with Gasteiger partial charge in [-0.05, 0) is 43.3 Å². The molecule has 0 aliphatic heterocycles. The van der Waals surface area contributed by atoms with Crippen LogP contribution in [0.2, 0.25) is 0 Å². The van der Waals surface area contributed by atoms with Gasteiger partial charge in [-0.25, -0.2) is 0 Å². The summed E-state index contributed by atoms with van der Waals surface area (Å²) in [6.07, 6.45) is 2.40. The quantitative estimate of drug-likeness (QED) is 0.760. The van der Waals surface area contributed by atoms with E-state index in [1.807, 2.05) is 30.3 Å². The fourth-order valence-corrected chi connectivity index (χ4v) is 2.66. The van der Waals surface area contributed by atoms with Crippen LogP contribution < -0.4 is 10.5 Å². The zero-order valence-electron chi connectivity index (χ0n) is 14.2. The van der Waals surface area contributed by atoms with E-state index in [9.17, 15) is 0 Å². The summed E-state index contributed by atoms with van der Waals surface area (Å²) >= 11 is 0. The number of likely N-dealkylation sites (N-methyl/N-ethyl adjacent to an activating group) is 1. The van der Waals surface area contributed by atoms with Crippen molar-refractivity contribution in [2.75, 3.05) is 20.1 Å². The molecule has 2 rings (SSSR count). The smallest absolute Gasteiger partial charge is 0.119 e. The molecule has 0 radical (unpaired) electrons. The number of nitrogens with two attached hydrogens (primary N) is 1. The molecule has 0 aliphatic carbocycles. The highest BCUT2D eigenvalue weighted by Crippen LogP contribution is 2.22. The fourth-order valence-electron chi connectivity index (χ4n) is 2.66. The van der Waals surface area contributed by atoms with Crippen molar-refractivity contribution in [1.82, 2.24) is 4.90 Å². The van der Waals surface area contributed by atoms with Crippen LogP contribution in [0.4, 0.5) is 0 Å². The lowest BCUT2D eigenvalue weighted by Crippen LogP contribution is -2.31. The standard InChI is InChI=1S/C20H28N2O/c1-3-4-14-22(2)20(15-21)18-10-12-19(13-11-18)23-16-17-8-6-5-7-9-17/h5-13,20H,3-4,14-16,21H2,1-2H3. The van der Waals surface area contributed by atoms with E-state index in [1.165, 1.54) is 24.0 Å². The summed E-state index contributed by atoms with van der Waals surface area (Å²) in [5, 5.41) is 0. The van der Waals surface area contributed by atoms with Gasteiger partial charge < -0.3 is 10.5 Å². The van der Waals surface area contributed by atoms with Crippen molar-refractivity contribution in [3.8, 4) is 5.75 Å². The second-order valence-corrected chi connectivity index (χ2v) is 5.93. The average molecular weight is 312 g/mol. The highest BCUT2D eigenvalue weighted by atomic mass is 16.5. The fraction of sp³-hybridized carbons (Fsp3) is 0.400. The molecule has 2 aromatic carbocycles. The van der Waals surface area contributed by atoms with Crippen LogP contribution in [0, 0.1) is 0 Å². The molecule has 0 aliphatic rings. The van der Waals surface area contributed by atoms with Gasteiger partial charge in [0.2, 0.25) is 0 Å². The molecule has 0 saturated carbocycles. The molecule has 0 amide bonds. The Bertz CT molecular complexity index is 554. The molecular weight excluding hydrogens is 284 g/mol. The summed E-state index contributed by atoms with van der Waals surface area (Å²) in [5.41, 5.74) is 8.40. The number of unbranched alkanes of at least 4 members (excludes halogenated alkanes) is 1. The van der Waals surface area contributed by atoms with Gasteiger partial charge in [0, 0.05) is 12.6 Å². The molecule has 23 heavy (non-hydrogen) atoms. The van der Waals surface area contributed by atoms with Gasteiger partial charge in [0.15, 0.2) is 0 Å². The maximum absolute atomic E-state index is 5.98.